The van der Waals surface area contributed by atoms with Crippen molar-refractivity contribution in [3.63, 3.8) is 0 Å². The zero-order valence-corrected chi connectivity index (χ0v) is 10.5. The van der Waals surface area contributed by atoms with E-state index in [4.69, 9.17) is 4.74 Å². The lowest BCUT2D eigenvalue weighted by Gasteiger charge is -2.38. The van der Waals surface area contributed by atoms with Crippen molar-refractivity contribution in [1.82, 2.24) is 0 Å². The molecule has 2 rings (SSSR count). The van der Waals surface area contributed by atoms with E-state index in [1.165, 1.54) is 51.4 Å². The maximum Gasteiger partial charge on any atom is 0.0779 e. The quantitative estimate of drug-likeness (QED) is 0.697. The van der Waals surface area contributed by atoms with Gasteiger partial charge in [-0.1, -0.05) is 41.6 Å². The summed E-state index contributed by atoms with van der Waals surface area (Å²) in [5, 5.41) is 1.03. The van der Waals surface area contributed by atoms with Crippen LogP contribution in [0.15, 0.2) is 0 Å². The Morgan fingerprint density at radius 2 is 1.79 bits per heavy atom. The summed E-state index contributed by atoms with van der Waals surface area (Å²) >= 11 is 3.63. The summed E-state index contributed by atoms with van der Waals surface area (Å²) in [5.41, 5.74) is 0.202. The molecule has 2 aliphatic carbocycles. The van der Waals surface area contributed by atoms with Gasteiger partial charge in [-0.3, -0.25) is 0 Å². The Hall–Kier alpha value is 0.440. The topological polar surface area (TPSA) is 9.23 Å². The number of hydrogen-bond acceptors (Lipinski definition) is 1. The van der Waals surface area contributed by atoms with Crippen molar-refractivity contribution in [2.24, 2.45) is 5.92 Å². The molecule has 2 fully saturated rings. The Balaban J connectivity index is 1.77. The fraction of sp³-hybridized carbons (Fsp3) is 1.00. The number of ether oxygens (including phenoxy) is 1. The standard InChI is InChI=1S/C12H21BrO/c13-10-12(7-2-1-3-8-12)14-9-11-5-4-6-11/h11H,1-10H2. The Morgan fingerprint density at radius 1 is 1.07 bits per heavy atom. The van der Waals surface area contributed by atoms with Gasteiger partial charge in [-0.05, 0) is 31.6 Å². The van der Waals surface area contributed by atoms with Crippen LogP contribution in [-0.4, -0.2) is 17.5 Å². The molecule has 1 nitrogen and oxygen atoms in total. The van der Waals surface area contributed by atoms with Gasteiger partial charge in [0.15, 0.2) is 0 Å². The van der Waals surface area contributed by atoms with E-state index in [-0.39, 0.29) is 5.60 Å². The maximum absolute atomic E-state index is 6.18. The average molecular weight is 261 g/mol. The van der Waals surface area contributed by atoms with Crippen LogP contribution in [0.2, 0.25) is 0 Å². The Kier molecular flexibility index (Phi) is 3.89. The van der Waals surface area contributed by atoms with Crippen molar-refractivity contribution in [2.45, 2.75) is 57.0 Å². The van der Waals surface area contributed by atoms with Crippen molar-refractivity contribution in [3.05, 3.63) is 0 Å². The fourth-order valence-electron chi connectivity index (χ4n) is 2.47. The van der Waals surface area contributed by atoms with E-state index in [0.717, 1.165) is 17.9 Å². The molecule has 0 unspecified atom stereocenters. The van der Waals surface area contributed by atoms with Crippen LogP contribution < -0.4 is 0 Å². The van der Waals surface area contributed by atoms with Crippen molar-refractivity contribution >= 4 is 15.9 Å². The fourth-order valence-corrected chi connectivity index (χ4v) is 3.19. The molecule has 0 aromatic carbocycles. The number of alkyl halides is 1. The Labute approximate surface area is 95.7 Å². The van der Waals surface area contributed by atoms with E-state index in [9.17, 15) is 0 Å². The molecule has 0 aromatic rings. The minimum Gasteiger partial charge on any atom is -0.374 e. The molecule has 0 aromatic heterocycles. The molecule has 0 amide bonds. The van der Waals surface area contributed by atoms with Gasteiger partial charge in [-0.15, -0.1) is 0 Å². The lowest BCUT2D eigenvalue weighted by Crippen LogP contribution is -2.39. The number of rotatable bonds is 4. The maximum atomic E-state index is 6.18. The van der Waals surface area contributed by atoms with Crippen molar-refractivity contribution in [2.75, 3.05) is 11.9 Å². The normalized spacial score (nSPS) is 27.2. The van der Waals surface area contributed by atoms with Gasteiger partial charge in [0, 0.05) is 5.33 Å². The van der Waals surface area contributed by atoms with E-state index in [0.29, 0.717) is 0 Å². The molecule has 2 aliphatic rings. The monoisotopic (exact) mass is 260 g/mol. The molecule has 0 saturated heterocycles. The van der Waals surface area contributed by atoms with Crippen LogP contribution in [0.25, 0.3) is 0 Å². The second kappa shape index (κ2) is 4.98. The van der Waals surface area contributed by atoms with Gasteiger partial charge in [0.1, 0.15) is 0 Å². The van der Waals surface area contributed by atoms with Crippen LogP contribution in [0.5, 0.6) is 0 Å². The van der Waals surface area contributed by atoms with Gasteiger partial charge < -0.3 is 4.74 Å². The lowest BCUT2D eigenvalue weighted by molar-refractivity contribution is -0.0752. The molecule has 2 heteroatoms. The summed E-state index contributed by atoms with van der Waals surface area (Å²) in [7, 11) is 0. The third-order valence-corrected chi connectivity index (χ3v) is 4.88. The number of hydrogen-bond donors (Lipinski definition) is 0. The summed E-state index contributed by atoms with van der Waals surface area (Å²) in [4.78, 5) is 0. The molecule has 0 heterocycles. The highest BCUT2D eigenvalue weighted by Crippen LogP contribution is 2.35. The first-order valence-electron chi connectivity index (χ1n) is 6.05. The van der Waals surface area contributed by atoms with E-state index in [1.807, 2.05) is 0 Å². The molecule has 0 radical (unpaired) electrons. The zero-order chi connectivity index (χ0) is 9.86. The molecule has 82 valence electrons. The van der Waals surface area contributed by atoms with Gasteiger partial charge >= 0.3 is 0 Å². The summed E-state index contributed by atoms with van der Waals surface area (Å²) < 4.78 is 6.18. The van der Waals surface area contributed by atoms with Gasteiger partial charge in [-0.2, -0.15) is 0 Å². The summed E-state index contributed by atoms with van der Waals surface area (Å²) in [6.45, 7) is 1.02. The average Bonchev–Trinajstić information content (AvgIpc) is 2.17. The van der Waals surface area contributed by atoms with Crippen LogP contribution in [0.1, 0.15) is 51.4 Å². The van der Waals surface area contributed by atoms with E-state index >= 15 is 0 Å². The van der Waals surface area contributed by atoms with Crippen molar-refractivity contribution < 1.29 is 4.74 Å². The first-order chi connectivity index (χ1) is 6.85. The van der Waals surface area contributed by atoms with Crippen LogP contribution >= 0.6 is 15.9 Å². The lowest BCUT2D eigenvalue weighted by atomic mass is 9.84. The van der Waals surface area contributed by atoms with Gasteiger partial charge in [-0.25, -0.2) is 0 Å². The molecule has 14 heavy (non-hydrogen) atoms. The van der Waals surface area contributed by atoms with E-state index in [2.05, 4.69) is 15.9 Å². The first kappa shape index (κ1) is 10.9. The molecule has 0 spiro atoms. The smallest absolute Gasteiger partial charge is 0.0779 e. The molecular weight excluding hydrogens is 240 g/mol. The van der Waals surface area contributed by atoms with Crippen LogP contribution in [-0.2, 0) is 4.74 Å². The highest BCUT2D eigenvalue weighted by Gasteiger charge is 2.33. The molecule has 0 aliphatic heterocycles. The zero-order valence-electron chi connectivity index (χ0n) is 8.93. The van der Waals surface area contributed by atoms with Crippen molar-refractivity contribution in [1.29, 1.82) is 0 Å². The summed E-state index contributed by atoms with van der Waals surface area (Å²) in [6.07, 6.45) is 10.9. The minimum absolute atomic E-state index is 0.202. The summed E-state index contributed by atoms with van der Waals surface area (Å²) in [5.74, 6) is 0.882. The summed E-state index contributed by atoms with van der Waals surface area (Å²) in [6, 6.07) is 0. The highest BCUT2D eigenvalue weighted by atomic mass is 79.9. The SMILES string of the molecule is BrCC1(OCC2CCC2)CCCCC1. The molecule has 2 saturated carbocycles. The molecule has 0 atom stereocenters. The van der Waals surface area contributed by atoms with Gasteiger partial charge in [0.2, 0.25) is 0 Å². The largest absolute Gasteiger partial charge is 0.374 e. The number of halogens is 1. The highest BCUT2D eigenvalue weighted by molar-refractivity contribution is 9.09. The second-order valence-corrected chi connectivity index (χ2v) is 5.55. The van der Waals surface area contributed by atoms with E-state index < -0.39 is 0 Å². The first-order valence-corrected chi connectivity index (χ1v) is 7.17. The molecule has 0 N–H and O–H groups in total. The predicted octanol–water partition coefficient (Wildman–Crippen LogP) is 3.90. The van der Waals surface area contributed by atoms with Crippen molar-refractivity contribution in [3.8, 4) is 0 Å². The third kappa shape index (κ3) is 2.52. The van der Waals surface area contributed by atoms with Crippen LogP contribution in [0.3, 0.4) is 0 Å². The Morgan fingerprint density at radius 3 is 2.29 bits per heavy atom. The van der Waals surface area contributed by atoms with Gasteiger partial charge in [0.25, 0.3) is 0 Å². The van der Waals surface area contributed by atoms with E-state index in [1.54, 1.807) is 0 Å². The second-order valence-electron chi connectivity index (χ2n) is 4.99. The molecular formula is C12H21BrO. The Bertz CT molecular complexity index is 171. The third-order valence-electron chi connectivity index (χ3n) is 3.86. The molecule has 0 bridgehead atoms. The van der Waals surface area contributed by atoms with Gasteiger partial charge in [0.05, 0.1) is 12.2 Å². The minimum atomic E-state index is 0.202. The predicted molar refractivity (Wildman–Crippen MR) is 62.9 cm³/mol. The van der Waals surface area contributed by atoms with Crippen LogP contribution in [0.4, 0.5) is 0 Å². The van der Waals surface area contributed by atoms with Crippen LogP contribution in [0, 0.1) is 5.92 Å².